The maximum absolute atomic E-state index is 13.2. The van der Waals surface area contributed by atoms with Gasteiger partial charge in [0.15, 0.2) is 0 Å². The predicted octanol–water partition coefficient (Wildman–Crippen LogP) is 4.48. The third kappa shape index (κ3) is 8.49. The van der Waals surface area contributed by atoms with Crippen LogP contribution < -0.4 is 9.62 Å². The van der Waals surface area contributed by atoms with Crippen LogP contribution in [0.5, 0.6) is 0 Å². The topological polar surface area (TPSA) is 86.8 Å². The molecule has 0 aromatic heterocycles. The first-order valence-corrected chi connectivity index (χ1v) is 13.6. The number of carbonyl (C=O) groups is 2. The highest BCUT2D eigenvalue weighted by atomic mass is 35.5. The van der Waals surface area contributed by atoms with Crippen LogP contribution in [-0.4, -0.2) is 50.0 Å². The standard InChI is InChI=1S/C24H31Cl2N3O4S/c1-17(2)27-24(31)18(3)28(16-19-7-5-8-21(26)15-19)23(30)9-6-14-29(34(4,32)33)22-12-10-20(25)11-13-22/h5,7-8,10-13,15,17-18H,6,9,14,16H2,1-4H3,(H,27,31)/t18-/m1/s1. The van der Waals surface area contributed by atoms with Crippen molar-refractivity contribution in [3.8, 4) is 0 Å². The molecular formula is C24H31Cl2N3O4S. The van der Waals surface area contributed by atoms with Crippen molar-refractivity contribution in [2.24, 2.45) is 0 Å². The summed E-state index contributed by atoms with van der Waals surface area (Å²) >= 11 is 12.0. The fraction of sp³-hybridized carbons (Fsp3) is 0.417. The fourth-order valence-electron chi connectivity index (χ4n) is 3.43. The van der Waals surface area contributed by atoms with E-state index in [0.29, 0.717) is 15.7 Å². The van der Waals surface area contributed by atoms with Gasteiger partial charge in [0.25, 0.3) is 0 Å². The number of sulfonamides is 1. The zero-order chi connectivity index (χ0) is 25.5. The van der Waals surface area contributed by atoms with Crippen LogP contribution in [0.4, 0.5) is 5.69 Å². The molecule has 0 heterocycles. The van der Waals surface area contributed by atoms with Crippen LogP contribution in [0.1, 0.15) is 39.2 Å². The number of nitrogens with one attached hydrogen (secondary N) is 1. The van der Waals surface area contributed by atoms with E-state index in [2.05, 4.69) is 5.32 Å². The second-order valence-electron chi connectivity index (χ2n) is 8.41. The van der Waals surface area contributed by atoms with Gasteiger partial charge in [-0.1, -0.05) is 35.3 Å². The van der Waals surface area contributed by atoms with Gasteiger partial charge in [0, 0.05) is 35.6 Å². The minimum atomic E-state index is -3.56. The van der Waals surface area contributed by atoms with E-state index >= 15 is 0 Å². The highest BCUT2D eigenvalue weighted by Gasteiger charge is 2.27. The van der Waals surface area contributed by atoms with Gasteiger partial charge < -0.3 is 10.2 Å². The molecule has 2 rings (SSSR count). The Bertz CT molecular complexity index is 1090. The summed E-state index contributed by atoms with van der Waals surface area (Å²) in [6, 6.07) is 12.8. The second kappa shape index (κ2) is 12.4. The van der Waals surface area contributed by atoms with Gasteiger partial charge in [-0.25, -0.2) is 8.42 Å². The minimum absolute atomic E-state index is 0.0687. The van der Waals surface area contributed by atoms with Crippen LogP contribution in [-0.2, 0) is 26.2 Å². The minimum Gasteiger partial charge on any atom is -0.352 e. The van der Waals surface area contributed by atoms with Crippen molar-refractivity contribution < 1.29 is 18.0 Å². The van der Waals surface area contributed by atoms with E-state index in [1.165, 1.54) is 9.21 Å². The molecule has 0 aliphatic heterocycles. The zero-order valence-corrected chi connectivity index (χ0v) is 22.1. The molecule has 0 saturated heterocycles. The van der Waals surface area contributed by atoms with E-state index in [-0.39, 0.29) is 43.8 Å². The number of hydrogen-bond acceptors (Lipinski definition) is 4. The van der Waals surface area contributed by atoms with Crippen molar-refractivity contribution in [2.45, 2.75) is 52.2 Å². The largest absolute Gasteiger partial charge is 0.352 e. The van der Waals surface area contributed by atoms with Gasteiger partial charge in [0.05, 0.1) is 11.9 Å². The fourth-order valence-corrected chi connectivity index (χ4v) is 4.74. The molecule has 2 amide bonds. The quantitative estimate of drug-likeness (QED) is 0.466. The molecule has 0 aliphatic rings. The lowest BCUT2D eigenvalue weighted by atomic mass is 10.1. The number of carbonyl (C=O) groups excluding carboxylic acids is 2. The van der Waals surface area contributed by atoms with Gasteiger partial charge >= 0.3 is 0 Å². The molecular weight excluding hydrogens is 497 g/mol. The average molecular weight is 529 g/mol. The molecule has 0 radical (unpaired) electrons. The van der Waals surface area contributed by atoms with Crippen molar-refractivity contribution in [1.29, 1.82) is 0 Å². The van der Waals surface area contributed by atoms with Crippen molar-refractivity contribution in [3.05, 3.63) is 64.1 Å². The lowest BCUT2D eigenvalue weighted by Crippen LogP contribution is -2.49. The summed E-state index contributed by atoms with van der Waals surface area (Å²) in [5, 5.41) is 3.87. The van der Waals surface area contributed by atoms with Gasteiger partial charge in [0.2, 0.25) is 21.8 Å². The molecule has 7 nitrogen and oxygen atoms in total. The summed E-state index contributed by atoms with van der Waals surface area (Å²) in [5.74, 6) is -0.514. The van der Waals surface area contributed by atoms with Crippen molar-refractivity contribution in [1.82, 2.24) is 10.2 Å². The van der Waals surface area contributed by atoms with E-state index in [9.17, 15) is 18.0 Å². The Balaban J connectivity index is 2.16. The Morgan fingerprint density at radius 1 is 1.00 bits per heavy atom. The molecule has 2 aromatic carbocycles. The van der Waals surface area contributed by atoms with E-state index in [1.807, 2.05) is 19.9 Å². The highest BCUT2D eigenvalue weighted by molar-refractivity contribution is 7.92. The molecule has 1 N–H and O–H groups in total. The Labute approximate surface area is 212 Å². The summed E-state index contributed by atoms with van der Waals surface area (Å²) in [4.78, 5) is 27.4. The molecule has 1 atom stereocenters. The number of benzene rings is 2. The number of halogens is 2. The van der Waals surface area contributed by atoms with Gasteiger partial charge in [0.1, 0.15) is 6.04 Å². The average Bonchev–Trinajstić information content (AvgIpc) is 2.74. The SMILES string of the molecule is CC(C)NC(=O)[C@@H](C)N(Cc1cccc(Cl)c1)C(=O)CCCN(c1ccc(Cl)cc1)S(C)(=O)=O. The van der Waals surface area contributed by atoms with Crippen LogP contribution in [0.3, 0.4) is 0 Å². The number of rotatable bonds is 11. The van der Waals surface area contributed by atoms with Crippen molar-refractivity contribution in [3.63, 3.8) is 0 Å². The van der Waals surface area contributed by atoms with Gasteiger partial charge in [-0.15, -0.1) is 0 Å². The molecule has 10 heteroatoms. The summed E-state index contributed by atoms with van der Waals surface area (Å²) in [5.41, 5.74) is 1.27. The Morgan fingerprint density at radius 3 is 2.21 bits per heavy atom. The third-order valence-corrected chi connectivity index (χ3v) is 6.79. The lowest BCUT2D eigenvalue weighted by Gasteiger charge is -2.30. The second-order valence-corrected chi connectivity index (χ2v) is 11.2. The van der Waals surface area contributed by atoms with Crippen LogP contribution in [0.15, 0.2) is 48.5 Å². The summed E-state index contributed by atoms with van der Waals surface area (Å²) in [6.07, 6.45) is 1.46. The summed E-state index contributed by atoms with van der Waals surface area (Å²) in [6.45, 7) is 5.70. The third-order valence-electron chi connectivity index (χ3n) is 5.11. The maximum atomic E-state index is 13.2. The molecule has 2 aromatic rings. The van der Waals surface area contributed by atoms with Gasteiger partial charge in [-0.05, 0) is 69.2 Å². The van der Waals surface area contributed by atoms with Gasteiger partial charge in [-0.3, -0.25) is 13.9 Å². The maximum Gasteiger partial charge on any atom is 0.242 e. The first kappa shape index (κ1) is 28.0. The van der Waals surface area contributed by atoms with E-state index in [4.69, 9.17) is 23.2 Å². The molecule has 0 bridgehead atoms. The molecule has 0 aliphatic carbocycles. The van der Waals surface area contributed by atoms with E-state index < -0.39 is 16.1 Å². The van der Waals surface area contributed by atoms with E-state index in [0.717, 1.165) is 11.8 Å². The number of nitrogens with zero attached hydrogens (tertiary/aromatic N) is 2. The molecule has 0 fully saturated rings. The smallest absolute Gasteiger partial charge is 0.242 e. The Hall–Kier alpha value is -2.29. The zero-order valence-electron chi connectivity index (χ0n) is 19.8. The lowest BCUT2D eigenvalue weighted by molar-refractivity contribution is -0.140. The van der Waals surface area contributed by atoms with Crippen LogP contribution in [0, 0.1) is 0 Å². The van der Waals surface area contributed by atoms with Crippen molar-refractivity contribution in [2.75, 3.05) is 17.1 Å². The summed E-state index contributed by atoms with van der Waals surface area (Å²) < 4.78 is 25.9. The van der Waals surface area contributed by atoms with Crippen LogP contribution in [0.25, 0.3) is 0 Å². The number of anilines is 1. The molecule has 34 heavy (non-hydrogen) atoms. The highest BCUT2D eigenvalue weighted by Crippen LogP contribution is 2.22. The molecule has 186 valence electrons. The van der Waals surface area contributed by atoms with E-state index in [1.54, 1.807) is 49.4 Å². The number of amides is 2. The van der Waals surface area contributed by atoms with Gasteiger partial charge in [-0.2, -0.15) is 0 Å². The van der Waals surface area contributed by atoms with Crippen LogP contribution in [0.2, 0.25) is 10.0 Å². The summed E-state index contributed by atoms with van der Waals surface area (Å²) in [7, 11) is -3.56. The molecule has 0 spiro atoms. The van der Waals surface area contributed by atoms with Crippen LogP contribution >= 0.6 is 23.2 Å². The monoisotopic (exact) mass is 527 g/mol. The number of hydrogen-bond donors (Lipinski definition) is 1. The van der Waals surface area contributed by atoms with Crippen molar-refractivity contribution >= 4 is 50.7 Å². The molecule has 0 unspecified atom stereocenters. The first-order chi connectivity index (χ1) is 15.9. The molecule has 0 saturated carbocycles. The predicted molar refractivity (Wildman–Crippen MR) is 138 cm³/mol. The normalized spacial score (nSPS) is 12.3. The first-order valence-electron chi connectivity index (χ1n) is 11.0. The Morgan fingerprint density at radius 2 is 1.65 bits per heavy atom. The Kier molecular flexibility index (Phi) is 10.2.